The zero-order chi connectivity index (χ0) is 26.8. The Kier molecular flexibility index (Phi) is 10.1. The van der Waals surface area contributed by atoms with Crippen LogP contribution in [0.25, 0.3) is 5.57 Å². The summed E-state index contributed by atoms with van der Waals surface area (Å²) in [6.07, 6.45) is 5.29. The largest absolute Gasteiger partial charge is 1.00 e. The molecule has 0 spiro atoms. The van der Waals surface area contributed by atoms with Gasteiger partial charge in [0, 0.05) is 24.3 Å². The van der Waals surface area contributed by atoms with E-state index in [1.807, 2.05) is 39.8 Å². The standard InChI is InChI=1S/C25H28N2O7S2.Na/c1-5-26-20-9-7-17(11-15(20)3)25(18-8-10-21(27-6-2)16(4)12-18)19-13-22(28)24(36(32,33)34)14-23(19)35(29,30)31;/h7-14,26,28H,5-6H2,1-4H3,(H,29,30,31)(H,32,33,34);/q;+1. The summed E-state index contributed by atoms with van der Waals surface area (Å²) in [4.78, 5) is 2.60. The minimum Gasteiger partial charge on any atom is -0.506 e. The minimum absolute atomic E-state index is 0. The predicted octanol–water partition coefficient (Wildman–Crippen LogP) is 1.41. The Balaban J connectivity index is 0.00000481. The van der Waals surface area contributed by atoms with Crippen molar-refractivity contribution in [3.05, 3.63) is 76.4 Å². The second kappa shape index (κ2) is 12.1. The third kappa shape index (κ3) is 6.99. The number of aryl methyl sites for hydroxylation is 1. The number of nitrogens with zero attached hydrogens (tertiary/aromatic N) is 1. The molecule has 2 aromatic carbocycles. The number of nitrogens with one attached hydrogen (secondary N) is 1. The summed E-state index contributed by atoms with van der Waals surface area (Å²) >= 11 is 0. The molecule has 0 atom stereocenters. The fraction of sp³-hybridized carbons (Fsp3) is 0.240. The van der Waals surface area contributed by atoms with E-state index in [0.717, 1.165) is 28.6 Å². The van der Waals surface area contributed by atoms with Gasteiger partial charge in [0.2, 0.25) is 0 Å². The minimum atomic E-state index is -4.99. The summed E-state index contributed by atoms with van der Waals surface area (Å²) in [6.45, 7) is 8.83. The molecular weight excluding hydrogens is 527 g/mol. The van der Waals surface area contributed by atoms with Crippen LogP contribution in [-0.4, -0.2) is 49.8 Å². The monoisotopic (exact) mass is 555 g/mol. The van der Waals surface area contributed by atoms with Crippen LogP contribution in [0.4, 0.5) is 5.69 Å². The summed E-state index contributed by atoms with van der Waals surface area (Å²) in [5, 5.41) is 13.7. The molecule has 0 bridgehead atoms. The topological polar surface area (TPSA) is 153 Å². The molecule has 4 N–H and O–H groups in total. The number of anilines is 1. The molecule has 1 aliphatic carbocycles. The second-order valence-electron chi connectivity index (χ2n) is 8.18. The number of allylic oxidation sites excluding steroid dienone is 5. The van der Waals surface area contributed by atoms with Gasteiger partial charge in [0.05, 0.1) is 5.71 Å². The van der Waals surface area contributed by atoms with E-state index in [-0.39, 0.29) is 35.1 Å². The third-order valence-electron chi connectivity index (χ3n) is 5.58. The summed E-state index contributed by atoms with van der Waals surface area (Å²) in [5.74, 6) is -0.868. The predicted molar refractivity (Wildman–Crippen MR) is 140 cm³/mol. The van der Waals surface area contributed by atoms with Gasteiger partial charge in [-0.3, -0.25) is 14.1 Å². The SMILES string of the molecule is CCN=C1C=CC(=C(c2ccc(NCC)c(C)c2)c2cc(O)c(S(=O)(=O)O)cc2S(=O)(=O)O)C=C1C.[Na+]. The van der Waals surface area contributed by atoms with Crippen molar-refractivity contribution in [3.8, 4) is 5.75 Å². The maximum Gasteiger partial charge on any atom is 1.00 e. The van der Waals surface area contributed by atoms with Crippen LogP contribution >= 0.6 is 0 Å². The van der Waals surface area contributed by atoms with Gasteiger partial charge in [0.1, 0.15) is 15.5 Å². The first-order valence-electron chi connectivity index (χ1n) is 11.1. The Hall–Kier alpha value is -2.25. The summed E-state index contributed by atoms with van der Waals surface area (Å²) in [7, 11) is -9.97. The van der Waals surface area contributed by atoms with Crippen molar-refractivity contribution in [3.63, 3.8) is 0 Å². The van der Waals surface area contributed by atoms with Gasteiger partial charge in [-0.05, 0) is 92.0 Å². The van der Waals surface area contributed by atoms with Crippen molar-refractivity contribution < 1.29 is 60.6 Å². The van der Waals surface area contributed by atoms with E-state index >= 15 is 0 Å². The molecule has 0 radical (unpaired) electrons. The molecule has 2 aromatic rings. The fourth-order valence-corrected chi connectivity index (χ4v) is 5.38. The molecule has 0 fully saturated rings. The van der Waals surface area contributed by atoms with Crippen LogP contribution in [0.2, 0.25) is 0 Å². The van der Waals surface area contributed by atoms with Gasteiger partial charge in [-0.1, -0.05) is 12.1 Å². The number of aliphatic imine (C=N–C) groups is 1. The molecule has 37 heavy (non-hydrogen) atoms. The normalized spacial score (nSPS) is 16.3. The van der Waals surface area contributed by atoms with Crippen LogP contribution < -0.4 is 34.9 Å². The smallest absolute Gasteiger partial charge is 0.506 e. The number of aromatic hydroxyl groups is 1. The first kappa shape index (κ1) is 31.0. The van der Waals surface area contributed by atoms with E-state index < -0.39 is 35.8 Å². The number of rotatable bonds is 7. The molecule has 9 nitrogen and oxygen atoms in total. The zero-order valence-electron chi connectivity index (χ0n) is 21.3. The average Bonchev–Trinajstić information content (AvgIpc) is 2.76. The molecule has 3 rings (SSSR count). The average molecular weight is 556 g/mol. The van der Waals surface area contributed by atoms with Crippen LogP contribution in [0.1, 0.15) is 37.5 Å². The maximum absolute atomic E-state index is 12.4. The van der Waals surface area contributed by atoms with Crippen molar-refractivity contribution in [1.29, 1.82) is 0 Å². The summed E-state index contributed by atoms with van der Waals surface area (Å²) in [5.41, 5.74) is 4.55. The molecule has 0 heterocycles. The van der Waals surface area contributed by atoms with Crippen molar-refractivity contribution >= 4 is 37.2 Å². The third-order valence-corrected chi connectivity index (χ3v) is 7.36. The van der Waals surface area contributed by atoms with Gasteiger partial charge >= 0.3 is 29.6 Å². The summed E-state index contributed by atoms with van der Waals surface area (Å²) in [6, 6.07) is 6.84. The van der Waals surface area contributed by atoms with Gasteiger partial charge < -0.3 is 10.4 Å². The Morgan fingerprint density at radius 2 is 1.59 bits per heavy atom. The van der Waals surface area contributed by atoms with Crippen LogP contribution in [0.3, 0.4) is 0 Å². The van der Waals surface area contributed by atoms with Gasteiger partial charge in [0.25, 0.3) is 20.2 Å². The van der Waals surface area contributed by atoms with Gasteiger partial charge in [0.15, 0.2) is 0 Å². The maximum atomic E-state index is 12.4. The molecule has 192 valence electrons. The number of benzene rings is 2. The fourth-order valence-electron chi connectivity index (χ4n) is 4.01. The van der Waals surface area contributed by atoms with E-state index in [4.69, 9.17) is 0 Å². The summed E-state index contributed by atoms with van der Waals surface area (Å²) < 4.78 is 67.7. The number of hydrogen-bond acceptors (Lipinski definition) is 7. The second-order valence-corrected chi connectivity index (χ2v) is 11.0. The van der Waals surface area contributed by atoms with Gasteiger partial charge in [-0.15, -0.1) is 0 Å². The van der Waals surface area contributed by atoms with Crippen molar-refractivity contribution in [2.45, 2.75) is 37.5 Å². The Morgan fingerprint density at radius 3 is 2.11 bits per heavy atom. The van der Waals surface area contributed by atoms with Crippen LogP contribution in [-0.2, 0) is 20.2 Å². The number of phenolic OH excluding ortho intramolecular Hbond substituents is 1. The van der Waals surface area contributed by atoms with Crippen LogP contribution in [0, 0.1) is 6.92 Å². The first-order valence-corrected chi connectivity index (χ1v) is 14.0. The molecule has 0 aromatic heterocycles. The van der Waals surface area contributed by atoms with E-state index in [1.54, 1.807) is 24.3 Å². The van der Waals surface area contributed by atoms with Crippen LogP contribution in [0.5, 0.6) is 5.75 Å². The number of phenols is 1. The molecule has 0 aliphatic heterocycles. The molecule has 0 saturated carbocycles. The van der Waals surface area contributed by atoms with Gasteiger partial charge in [-0.25, -0.2) is 0 Å². The van der Waals surface area contributed by atoms with Crippen molar-refractivity contribution in [2.24, 2.45) is 4.99 Å². The van der Waals surface area contributed by atoms with Crippen LogP contribution in [0.15, 0.2) is 74.5 Å². The number of hydrogen-bond donors (Lipinski definition) is 4. The van der Waals surface area contributed by atoms with E-state index in [9.17, 15) is 31.0 Å². The molecule has 12 heteroatoms. The molecule has 0 saturated heterocycles. The van der Waals surface area contributed by atoms with E-state index in [2.05, 4.69) is 10.3 Å². The van der Waals surface area contributed by atoms with Crippen molar-refractivity contribution in [1.82, 2.24) is 0 Å². The Morgan fingerprint density at radius 1 is 0.946 bits per heavy atom. The quantitative estimate of drug-likeness (QED) is 0.296. The Labute approximate surface area is 239 Å². The zero-order valence-corrected chi connectivity index (χ0v) is 24.9. The van der Waals surface area contributed by atoms with E-state index in [1.165, 1.54) is 0 Å². The molecule has 0 unspecified atom stereocenters. The molecule has 0 amide bonds. The molecular formula is C25H28N2NaO7S2+. The first-order chi connectivity index (χ1) is 16.8. The Bertz CT molecular complexity index is 1560. The van der Waals surface area contributed by atoms with E-state index in [0.29, 0.717) is 35.9 Å². The van der Waals surface area contributed by atoms with Gasteiger partial charge in [-0.2, -0.15) is 16.8 Å². The molecule has 1 aliphatic rings. The van der Waals surface area contributed by atoms with Crippen molar-refractivity contribution in [2.75, 3.05) is 18.4 Å².